The van der Waals surface area contributed by atoms with Crippen LogP contribution in [0.5, 0.6) is 5.75 Å². The average molecular weight is 470 g/mol. The zero-order valence-electron chi connectivity index (χ0n) is 18.4. The van der Waals surface area contributed by atoms with Gasteiger partial charge in [-0.3, -0.25) is 19.2 Å². The van der Waals surface area contributed by atoms with Crippen molar-refractivity contribution in [2.24, 2.45) is 0 Å². The van der Waals surface area contributed by atoms with Gasteiger partial charge in [-0.1, -0.05) is 54.2 Å². The minimum absolute atomic E-state index is 0.0166. The lowest BCUT2D eigenvalue weighted by molar-refractivity contribution is -0.117. The molecule has 1 atom stereocenters. The number of amides is 1. The molecule has 0 bridgehead atoms. The van der Waals surface area contributed by atoms with Gasteiger partial charge in [0.1, 0.15) is 12.4 Å². The first kappa shape index (κ1) is 20.9. The molecular formula is C26H23N5O2S. The van der Waals surface area contributed by atoms with Crippen LogP contribution in [-0.2, 0) is 4.79 Å². The van der Waals surface area contributed by atoms with Crippen LogP contribution in [0.2, 0.25) is 0 Å². The molecule has 0 unspecified atom stereocenters. The highest BCUT2D eigenvalue weighted by molar-refractivity contribution is 7.99. The van der Waals surface area contributed by atoms with Gasteiger partial charge in [0.15, 0.2) is 11.0 Å². The largest absolute Gasteiger partial charge is 0.489 e. The van der Waals surface area contributed by atoms with Crippen molar-refractivity contribution in [3.8, 4) is 17.1 Å². The van der Waals surface area contributed by atoms with E-state index in [0.717, 1.165) is 46.4 Å². The van der Waals surface area contributed by atoms with Gasteiger partial charge in [0, 0.05) is 24.0 Å². The molecule has 2 aromatic heterocycles. The Morgan fingerprint density at radius 2 is 1.82 bits per heavy atom. The average Bonchev–Trinajstić information content (AvgIpc) is 3.66. The van der Waals surface area contributed by atoms with Crippen LogP contribution in [0.25, 0.3) is 11.4 Å². The molecule has 1 saturated carbocycles. The first-order valence-electron chi connectivity index (χ1n) is 11.4. The minimum Gasteiger partial charge on any atom is -0.489 e. The van der Waals surface area contributed by atoms with Gasteiger partial charge in [0.25, 0.3) is 0 Å². The van der Waals surface area contributed by atoms with Gasteiger partial charge >= 0.3 is 0 Å². The van der Waals surface area contributed by atoms with E-state index in [0.29, 0.717) is 12.6 Å². The molecule has 6 rings (SSSR count). The zero-order chi connectivity index (χ0) is 22.9. The Morgan fingerprint density at radius 1 is 1.00 bits per heavy atom. The summed E-state index contributed by atoms with van der Waals surface area (Å²) < 4.78 is 8.18. The minimum atomic E-state index is -0.184. The summed E-state index contributed by atoms with van der Waals surface area (Å²) in [4.78, 5) is 19.8. The van der Waals surface area contributed by atoms with Gasteiger partial charge in [-0.05, 0) is 42.7 Å². The van der Waals surface area contributed by atoms with Crippen LogP contribution in [0, 0.1) is 0 Å². The third kappa shape index (κ3) is 3.94. The molecule has 0 radical (unpaired) electrons. The molecule has 0 saturated heterocycles. The van der Waals surface area contributed by atoms with Crippen LogP contribution in [0.3, 0.4) is 0 Å². The molecule has 7 nitrogen and oxygen atoms in total. The summed E-state index contributed by atoms with van der Waals surface area (Å²) in [5.41, 5.74) is 2.79. The monoisotopic (exact) mass is 469 g/mol. The van der Waals surface area contributed by atoms with Gasteiger partial charge in [-0.15, -0.1) is 10.2 Å². The number of benzene rings is 2. The molecule has 0 N–H and O–H groups in total. The Bertz CT molecular complexity index is 1310. The highest BCUT2D eigenvalue weighted by atomic mass is 32.2. The summed E-state index contributed by atoms with van der Waals surface area (Å²) in [7, 11) is 0. The summed E-state index contributed by atoms with van der Waals surface area (Å²) in [5, 5.41) is 9.66. The number of carbonyl (C=O) groups excluding carboxylic acids is 1. The van der Waals surface area contributed by atoms with Crippen molar-refractivity contribution in [2.75, 3.05) is 17.3 Å². The van der Waals surface area contributed by atoms with E-state index < -0.39 is 0 Å². The maximum atomic E-state index is 13.7. The van der Waals surface area contributed by atoms with Crippen molar-refractivity contribution in [3.05, 3.63) is 84.7 Å². The normalized spacial score (nSPS) is 17.2. The predicted octanol–water partition coefficient (Wildman–Crippen LogP) is 4.93. The molecule has 1 amide bonds. The third-order valence-corrected chi connectivity index (χ3v) is 7.04. The van der Waals surface area contributed by atoms with Crippen LogP contribution < -0.4 is 9.64 Å². The van der Waals surface area contributed by atoms with E-state index in [1.54, 1.807) is 12.4 Å². The first-order valence-corrected chi connectivity index (χ1v) is 12.3. The highest BCUT2D eigenvalue weighted by Crippen LogP contribution is 2.42. The zero-order valence-corrected chi connectivity index (χ0v) is 19.3. The fourth-order valence-corrected chi connectivity index (χ4v) is 5.21. The van der Waals surface area contributed by atoms with Crippen LogP contribution in [-0.4, -0.2) is 38.0 Å². The highest BCUT2D eigenvalue weighted by Gasteiger charge is 2.34. The standard InChI is InChI=1S/C26H23N5O2S/c32-24(17-34-26-29-28-25(30(26)20-12-13-20)19-9-6-14-27-15-19)31-21-10-4-5-11-23(21)33-16-22(31)18-7-2-1-3-8-18/h1-11,14-15,20,22H,12-13,16-17H2/t22-/m1/s1. The smallest absolute Gasteiger partial charge is 0.238 e. The molecule has 4 aromatic rings. The quantitative estimate of drug-likeness (QED) is 0.373. The maximum absolute atomic E-state index is 13.7. The van der Waals surface area contributed by atoms with Crippen molar-refractivity contribution < 1.29 is 9.53 Å². The number of aromatic nitrogens is 4. The fourth-order valence-electron chi connectivity index (χ4n) is 4.34. The summed E-state index contributed by atoms with van der Waals surface area (Å²) >= 11 is 1.44. The molecule has 170 valence electrons. The van der Waals surface area contributed by atoms with E-state index in [4.69, 9.17) is 4.74 Å². The van der Waals surface area contributed by atoms with E-state index in [9.17, 15) is 4.79 Å². The molecule has 2 aliphatic rings. The number of thioether (sulfide) groups is 1. The van der Waals surface area contributed by atoms with Crippen molar-refractivity contribution in [3.63, 3.8) is 0 Å². The van der Waals surface area contributed by atoms with Crippen molar-refractivity contribution in [2.45, 2.75) is 30.1 Å². The van der Waals surface area contributed by atoms with Crippen molar-refractivity contribution in [1.29, 1.82) is 0 Å². The Hall–Kier alpha value is -3.65. The third-order valence-electron chi connectivity index (χ3n) is 6.11. The van der Waals surface area contributed by atoms with Crippen LogP contribution >= 0.6 is 11.8 Å². The number of carbonyl (C=O) groups is 1. The summed E-state index contributed by atoms with van der Waals surface area (Å²) in [6.45, 7) is 0.418. The Labute approximate surface area is 201 Å². The lowest BCUT2D eigenvalue weighted by atomic mass is 10.0. The predicted molar refractivity (Wildman–Crippen MR) is 131 cm³/mol. The summed E-state index contributed by atoms with van der Waals surface area (Å²) in [6.07, 6.45) is 5.75. The van der Waals surface area contributed by atoms with E-state index in [1.807, 2.05) is 71.6 Å². The lowest BCUT2D eigenvalue weighted by Crippen LogP contribution is -2.42. The lowest BCUT2D eigenvalue weighted by Gasteiger charge is -2.37. The van der Waals surface area contributed by atoms with E-state index >= 15 is 0 Å². The van der Waals surface area contributed by atoms with Gasteiger partial charge in [-0.25, -0.2) is 0 Å². The maximum Gasteiger partial charge on any atom is 0.238 e. The Morgan fingerprint density at radius 3 is 2.62 bits per heavy atom. The van der Waals surface area contributed by atoms with Crippen molar-refractivity contribution in [1.82, 2.24) is 19.7 Å². The topological polar surface area (TPSA) is 73.1 Å². The number of pyridine rings is 1. The summed E-state index contributed by atoms with van der Waals surface area (Å²) in [5.74, 6) is 1.82. The van der Waals surface area contributed by atoms with Crippen LogP contribution in [0.15, 0.2) is 84.3 Å². The molecule has 2 aromatic carbocycles. The van der Waals surface area contributed by atoms with E-state index in [-0.39, 0.29) is 17.7 Å². The first-order chi connectivity index (χ1) is 16.8. The van der Waals surface area contributed by atoms with Gasteiger partial charge in [-0.2, -0.15) is 0 Å². The number of rotatable bonds is 6. The number of anilines is 1. The van der Waals surface area contributed by atoms with Gasteiger partial charge < -0.3 is 4.74 Å². The van der Waals surface area contributed by atoms with Crippen LogP contribution in [0.4, 0.5) is 5.69 Å². The molecule has 3 heterocycles. The second-order valence-electron chi connectivity index (χ2n) is 8.41. The van der Waals surface area contributed by atoms with Gasteiger partial charge in [0.2, 0.25) is 5.91 Å². The number of para-hydroxylation sites is 2. The van der Waals surface area contributed by atoms with Crippen LogP contribution in [0.1, 0.15) is 30.5 Å². The number of nitrogens with zero attached hydrogens (tertiary/aromatic N) is 5. The number of ether oxygens (including phenoxy) is 1. The second-order valence-corrected chi connectivity index (χ2v) is 9.35. The number of hydrogen-bond donors (Lipinski definition) is 0. The second kappa shape index (κ2) is 8.95. The fraction of sp³-hybridized carbons (Fsp3) is 0.231. The molecule has 34 heavy (non-hydrogen) atoms. The molecule has 1 aliphatic heterocycles. The molecule has 8 heteroatoms. The van der Waals surface area contributed by atoms with E-state index in [1.165, 1.54) is 11.8 Å². The number of hydrogen-bond acceptors (Lipinski definition) is 6. The molecule has 1 aliphatic carbocycles. The Balaban J connectivity index is 1.28. The summed E-state index contributed by atoms with van der Waals surface area (Å²) in [6, 6.07) is 21.9. The SMILES string of the molecule is O=C(CSc1nnc(-c2cccnc2)n1C1CC1)N1c2ccccc2OC[C@@H]1c1ccccc1. The Kier molecular flexibility index (Phi) is 5.50. The van der Waals surface area contributed by atoms with Crippen molar-refractivity contribution >= 4 is 23.4 Å². The molecule has 0 spiro atoms. The number of fused-ring (bicyclic) bond motifs is 1. The molecule has 1 fully saturated rings. The van der Waals surface area contributed by atoms with Gasteiger partial charge in [0.05, 0.1) is 17.5 Å². The molecular weight excluding hydrogens is 446 g/mol. The van der Waals surface area contributed by atoms with E-state index in [2.05, 4.69) is 19.7 Å².